The van der Waals surface area contributed by atoms with E-state index in [0.29, 0.717) is 0 Å². The van der Waals surface area contributed by atoms with Crippen molar-refractivity contribution in [3.63, 3.8) is 0 Å². The third-order valence-corrected chi connectivity index (χ3v) is 6.04. The van der Waals surface area contributed by atoms with Crippen molar-refractivity contribution in [2.24, 2.45) is 0 Å². The van der Waals surface area contributed by atoms with Crippen molar-refractivity contribution in [1.82, 2.24) is 9.97 Å². The van der Waals surface area contributed by atoms with E-state index in [1.807, 2.05) is 24.3 Å². The maximum Gasteiger partial charge on any atom is 0.128 e. The second-order valence-corrected chi connectivity index (χ2v) is 7.48. The van der Waals surface area contributed by atoms with Crippen LogP contribution in [0.2, 0.25) is 5.02 Å². The van der Waals surface area contributed by atoms with Gasteiger partial charge in [0.2, 0.25) is 0 Å². The number of thiophene rings is 1. The lowest BCUT2D eigenvalue weighted by atomic mass is 10.1. The molecule has 4 rings (SSSR count). The normalized spacial score (nSPS) is 11.0. The Morgan fingerprint density at radius 2 is 1.75 bits per heavy atom. The van der Waals surface area contributed by atoms with E-state index in [2.05, 4.69) is 45.7 Å². The number of rotatable bonds is 4. The van der Waals surface area contributed by atoms with Crippen LogP contribution in [0.4, 0.5) is 0 Å². The molecule has 0 N–H and O–H groups in total. The third-order valence-electron chi connectivity index (χ3n) is 3.74. The molecule has 0 aliphatic rings. The summed E-state index contributed by atoms with van der Waals surface area (Å²) < 4.78 is 0. The fourth-order valence-corrected chi connectivity index (χ4v) is 4.83. The molecule has 0 aliphatic heterocycles. The average molecular weight is 369 g/mol. The molecule has 2 aromatic heterocycles. The van der Waals surface area contributed by atoms with Crippen LogP contribution in [0.25, 0.3) is 21.3 Å². The Bertz CT molecular complexity index is 983. The first-order chi connectivity index (χ1) is 11.8. The lowest BCUT2D eigenvalue weighted by Gasteiger charge is -2.06. The van der Waals surface area contributed by atoms with E-state index in [-0.39, 0.29) is 0 Å². The van der Waals surface area contributed by atoms with Crippen LogP contribution in [0.15, 0.2) is 71.3 Å². The van der Waals surface area contributed by atoms with Crippen molar-refractivity contribution in [3.8, 4) is 11.1 Å². The molecule has 0 atom stereocenters. The van der Waals surface area contributed by atoms with E-state index in [0.717, 1.165) is 31.6 Å². The Morgan fingerprint density at radius 3 is 2.58 bits per heavy atom. The molecule has 0 unspecified atom stereocenters. The summed E-state index contributed by atoms with van der Waals surface area (Å²) in [5, 5.41) is 5.09. The highest BCUT2D eigenvalue weighted by molar-refractivity contribution is 7.98. The zero-order valence-electron chi connectivity index (χ0n) is 12.6. The summed E-state index contributed by atoms with van der Waals surface area (Å²) in [5.41, 5.74) is 3.50. The van der Waals surface area contributed by atoms with Crippen LogP contribution >= 0.6 is 34.7 Å². The molecule has 0 saturated carbocycles. The molecule has 0 amide bonds. The van der Waals surface area contributed by atoms with E-state index in [4.69, 9.17) is 11.6 Å². The van der Waals surface area contributed by atoms with Crippen LogP contribution in [0.3, 0.4) is 0 Å². The van der Waals surface area contributed by atoms with Gasteiger partial charge in [-0.3, -0.25) is 0 Å². The monoisotopic (exact) mass is 368 g/mol. The summed E-state index contributed by atoms with van der Waals surface area (Å²) in [6, 6.07) is 18.3. The van der Waals surface area contributed by atoms with E-state index >= 15 is 0 Å². The van der Waals surface area contributed by atoms with E-state index in [1.54, 1.807) is 29.4 Å². The molecule has 0 spiro atoms. The molecule has 0 radical (unpaired) electrons. The molecule has 0 fully saturated rings. The van der Waals surface area contributed by atoms with Gasteiger partial charge in [-0.05, 0) is 17.2 Å². The highest BCUT2D eigenvalue weighted by atomic mass is 35.5. The van der Waals surface area contributed by atoms with Gasteiger partial charge in [-0.2, -0.15) is 0 Å². The smallest absolute Gasteiger partial charge is 0.128 e. The van der Waals surface area contributed by atoms with Gasteiger partial charge in [0.25, 0.3) is 0 Å². The quantitative estimate of drug-likeness (QED) is 0.312. The second-order valence-electron chi connectivity index (χ2n) is 5.25. The first-order valence-electron chi connectivity index (χ1n) is 7.47. The lowest BCUT2D eigenvalue weighted by molar-refractivity contribution is 1.11. The summed E-state index contributed by atoms with van der Waals surface area (Å²) in [4.78, 5) is 9.97. The minimum absolute atomic E-state index is 0.788. The van der Waals surface area contributed by atoms with Crippen LogP contribution < -0.4 is 0 Å². The molecule has 118 valence electrons. The van der Waals surface area contributed by atoms with Gasteiger partial charge in [0, 0.05) is 21.7 Å². The molecule has 2 nitrogen and oxygen atoms in total. The number of fused-ring (bicyclic) bond motifs is 1. The Hall–Kier alpha value is -1.88. The van der Waals surface area contributed by atoms with Crippen LogP contribution in [0, 0.1) is 0 Å². The van der Waals surface area contributed by atoms with Gasteiger partial charge >= 0.3 is 0 Å². The van der Waals surface area contributed by atoms with Gasteiger partial charge in [0.1, 0.15) is 16.2 Å². The van der Waals surface area contributed by atoms with Gasteiger partial charge in [-0.1, -0.05) is 60.1 Å². The predicted octanol–water partition coefficient (Wildman–Crippen LogP) is 6.30. The number of thioether (sulfide) groups is 1. The van der Waals surface area contributed by atoms with Crippen molar-refractivity contribution in [2.45, 2.75) is 10.8 Å². The van der Waals surface area contributed by atoms with Crippen molar-refractivity contribution >= 4 is 44.9 Å². The van der Waals surface area contributed by atoms with Gasteiger partial charge in [-0.15, -0.1) is 23.1 Å². The molecule has 2 aromatic carbocycles. The van der Waals surface area contributed by atoms with Gasteiger partial charge in [0.05, 0.1) is 5.39 Å². The third kappa shape index (κ3) is 3.05. The van der Waals surface area contributed by atoms with Crippen molar-refractivity contribution in [3.05, 3.63) is 76.9 Å². The standard InChI is InChI=1S/C19H13ClN2S2/c20-16-9-5-4-8-14(16)10-23-18-17-15(13-6-2-1-3-7-13)11-24-19(17)22-12-21-18/h1-9,11-12H,10H2. The number of benzene rings is 2. The summed E-state index contributed by atoms with van der Waals surface area (Å²) >= 11 is 9.63. The number of hydrogen-bond acceptors (Lipinski definition) is 4. The van der Waals surface area contributed by atoms with Crippen LogP contribution in [0.5, 0.6) is 0 Å². The molecule has 24 heavy (non-hydrogen) atoms. The van der Waals surface area contributed by atoms with Crippen LogP contribution in [-0.4, -0.2) is 9.97 Å². The van der Waals surface area contributed by atoms with Crippen LogP contribution in [-0.2, 0) is 5.75 Å². The number of halogens is 1. The van der Waals surface area contributed by atoms with Crippen molar-refractivity contribution in [1.29, 1.82) is 0 Å². The van der Waals surface area contributed by atoms with Gasteiger partial charge in [-0.25, -0.2) is 9.97 Å². The van der Waals surface area contributed by atoms with E-state index < -0.39 is 0 Å². The first kappa shape index (κ1) is 15.6. The fourth-order valence-electron chi connectivity index (χ4n) is 2.55. The van der Waals surface area contributed by atoms with E-state index in [1.165, 1.54) is 11.1 Å². The second kappa shape index (κ2) is 6.93. The summed E-state index contributed by atoms with van der Waals surface area (Å²) in [7, 11) is 0. The van der Waals surface area contributed by atoms with Crippen molar-refractivity contribution in [2.75, 3.05) is 0 Å². The highest BCUT2D eigenvalue weighted by Crippen LogP contribution is 2.38. The Labute approximate surface area is 153 Å². The zero-order chi connectivity index (χ0) is 16.4. The number of nitrogens with zero attached hydrogens (tertiary/aromatic N) is 2. The molecular formula is C19H13ClN2S2. The molecule has 0 saturated heterocycles. The van der Waals surface area contributed by atoms with Gasteiger partial charge < -0.3 is 0 Å². The minimum atomic E-state index is 0.788. The highest BCUT2D eigenvalue weighted by Gasteiger charge is 2.13. The predicted molar refractivity (Wildman–Crippen MR) is 104 cm³/mol. The number of hydrogen-bond donors (Lipinski definition) is 0. The maximum absolute atomic E-state index is 6.27. The molecular weight excluding hydrogens is 356 g/mol. The topological polar surface area (TPSA) is 25.8 Å². The lowest BCUT2D eigenvalue weighted by Crippen LogP contribution is -1.88. The first-order valence-corrected chi connectivity index (χ1v) is 9.71. The average Bonchev–Trinajstić information content (AvgIpc) is 3.06. The van der Waals surface area contributed by atoms with E-state index in [9.17, 15) is 0 Å². The van der Waals surface area contributed by atoms with Crippen molar-refractivity contribution < 1.29 is 0 Å². The van der Waals surface area contributed by atoms with Gasteiger partial charge in [0.15, 0.2) is 0 Å². The Kier molecular flexibility index (Phi) is 4.52. The molecule has 0 bridgehead atoms. The molecule has 5 heteroatoms. The summed E-state index contributed by atoms with van der Waals surface area (Å²) in [6.45, 7) is 0. The van der Waals surface area contributed by atoms with Crippen LogP contribution in [0.1, 0.15) is 5.56 Å². The minimum Gasteiger partial charge on any atom is -0.229 e. The fraction of sp³-hybridized carbons (Fsp3) is 0.0526. The Balaban J connectivity index is 1.73. The SMILES string of the molecule is Clc1ccccc1CSc1ncnc2scc(-c3ccccc3)c12. The summed E-state index contributed by atoms with van der Waals surface area (Å²) in [6.07, 6.45) is 1.64. The molecule has 2 heterocycles. The molecule has 4 aromatic rings. The largest absolute Gasteiger partial charge is 0.229 e. The number of aromatic nitrogens is 2. The Morgan fingerprint density at radius 1 is 0.958 bits per heavy atom. The summed E-state index contributed by atoms with van der Waals surface area (Å²) in [5.74, 6) is 0.788. The molecule has 0 aliphatic carbocycles. The zero-order valence-corrected chi connectivity index (χ0v) is 15.0. The maximum atomic E-state index is 6.27.